The van der Waals surface area contributed by atoms with Gasteiger partial charge in [-0.25, -0.2) is 9.97 Å². The van der Waals surface area contributed by atoms with Gasteiger partial charge in [-0.2, -0.15) is 0 Å². The van der Waals surface area contributed by atoms with E-state index >= 15 is 0 Å². The molecule has 0 unspecified atom stereocenters. The third-order valence-corrected chi connectivity index (χ3v) is 2.57. The van der Waals surface area contributed by atoms with Gasteiger partial charge in [-0.05, 0) is 26.0 Å². The summed E-state index contributed by atoms with van der Waals surface area (Å²) in [5.41, 5.74) is 1.92. The summed E-state index contributed by atoms with van der Waals surface area (Å²) in [4.78, 5) is 8.98. The van der Waals surface area contributed by atoms with Gasteiger partial charge < -0.3 is 9.30 Å². The van der Waals surface area contributed by atoms with Gasteiger partial charge in [-0.1, -0.05) is 0 Å². The Morgan fingerprint density at radius 3 is 2.94 bits per heavy atom. The molecule has 0 aromatic carbocycles. The van der Waals surface area contributed by atoms with Crippen LogP contribution in [0.3, 0.4) is 0 Å². The van der Waals surface area contributed by atoms with Crippen LogP contribution in [0.2, 0.25) is 0 Å². The molecule has 0 saturated carbocycles. The van der Waals surface area contributed by atoms with Crippen LogP contribution in [0.15, 0.2) is 18.3 Å². The second-order valence-electron chi connectivity index (χ2n) is 4.08. The smallest absolute Gasteiger partial charge is 0.160 e. The zero-order chi connectivity index (χ0) is 11.5. The van der Waals surface area contributed by atoms with Crippen molar-refractivity contribution in [1.82, 2.24) is 14.5 Å². The van der Waals surface area contributed by atoms with Crippen LogP contribution in [0.25, 0.3) is 11.2 Å². The number of hydrogen-bond acceptors (Lipinski definition) is 3. The standard InChI is InChI=1S/C12H17N3O/c1-9(2)15-11(6-8-16-3)14-10-5-4-7-13-12(10)15/h4-5,7,9H,6,8H2,1-3H3. The number of methoxy groups -OCH3 is 1. The van der Waals surface area contributed by atoms with Gasteiger partial charge >= 0.3 is 0 Å². The predicted octanol–water partition coefficient (Wildman–Crippen LogP) is 2.20. The Morgan fingerprint density at radius 2 is 2.25 bits per heavy atom. The molecule has 4 heteroatoms. The Morgan fingerprint density at radius 1 is 1.44 bits per heavy atom. The Hall–Kier alpha value is -1.42. The summed E-state index contributed by atoms with van der Waals surface area (Å²) in [5, 5.41) is 0. The van der Waals surface area contributed by atoms with Crippen molar-refractivity contribution in [3.63, 3.8) is 0 Å². The summed E-state index contributed by atoms with van der Waals surface area (Å²) in [6, 6.07) is 4.28. The maximum Gasteiger partial charge on any atom is 0.160 e. The summed E-state index contributed by atoms with van der Waals surface area (Å²) >= 11 is 0. The van der Waals surface area contributed by atoms with Crippen LogP contribution in [0.4, 0.5) is 0 Å². The average molecular weight is 219 g/mol. The first-order valence-corrected chi connectivity index (χ1v) is 5.54. The molecule has 0 N–H and O–H groups in total. The van der Waals surface area contributed by atoms with Crippen molar-refractivity contribution in [2.24, 2.45) is 0 Å². The number of hydrogen-bond donors (Lipinski definition) is 0. The van der Waals surface area contributed by atoms with E-state index in [4.69, 9.17) is 4.74 Å². The van der Waals surface area contributed by atoms with E-state index in [1.165, 1.54) is 0 Å². The van der Waals surface area contributed by atoms with Gasteiger partial charge in [0.1, 0.15) is 11.3 Å². The van der Waals surface area contributed by atoms with Gasteiger partial charge in [0.25, 0.3) is 0 Å². The first kappa shape index (κ1) is 11.1. The van der Waals surface area contributed by atoms with Gasteiger partial charge in [-0.15, -0.1) is 0 Å². The monoisotopic (exact) mass is 219 g/mol. The number of fused-ring (bicyclic) bond motifs is 1. The summed E-state index contributed by atoms with van der Waals surface area (Å²) in [6.07, 6.45) is 2.63. The topological polar surface area (TPSA) is 39.9 Å². The molecule has 0 aliphatic rings. The van der Waals surface area contributed by atoms with Gasteiger partial charge in [0.2, 0.25) is 0 Å². The third kappa shape index (κ3) is 1.93. The lowest BCUT2D eigenvalue weighted by Gasteiger charge is -2.11. The number of rotatable bonds is 4. The Bertz CT molecular complexity index is 476. The van der Waals surface area contributed by atoms with Gasteiger partial charge in [0, 0.05) is 25.8 Å². The SMILES string of the molecule is COCCc1nc2cccnc2n1C(C)C. The molecule has 86 valence electrons. The van der Waals surface area contributed by atoms with Crippen LogP contribution in [0, 0.1) is 0 Å². The minimum absolute atomic E-state index is 0.367. The van der Waals surface area contributed by atoms with Crippen LogP contribution < -0.4 is 0 Å². The normalized spacial score (nSPS) is 11.5. The molecule has 16 heavy (non-hydrogen) atoms. The van der Waals surface area contributed by atoms with E-state index in [2.05, 4.69) is 28.4 Å². The Balaban J connectivity index is 2.50. The highest BCUT2D eigenvalue weighted by molar-refractivity contribution is 5.71. The largest absolute Gasteiger partial charge is 0.384 e. The quantitative estimate of drug-likeness (QED) is 0.791. The molecule has 2 heterocycles. The van der Waals surface area contributed by atoms with Crippen LogP contribution in [0.5, 0.6) is 0 Å². The van der Waals surface area contributed by atoms with Gasteiger partial charge in [0.15, 0.2) is 5.65 Å². The molecule has 2 aromatic heterocycles. The molecular formula is C12H17N3O. The molecule has 2 rings (SSSR count). The second kappa shape index (κ2) is 4.61. The Labute approximate surface area is 95.3 Å². The zero-order valence-electron chi connectivity index (χ0n) is 9.97. The van der Waals surface area contributed by atoms with Crippen LogP contribution in [0.1, 0.15) is 25.7 Å². The van der Waals surface area contributed by atoms with E-state index in [1.54, 1.807) is 7.11 Å². The van der Waals surface area contributed by atoms with Crippen LogP contribution in [-0.2, 0) is 11.2 Å². The van der Waals surface area contributed by atoms with E-state index in [-0.39, 0.29) is 0 Å². The number of pyridine rings is 1. The summed E-state index contributed by atoms with van der Waals surface area (Å²) in [6.45, 7) is 4.98. The van der Waals surface area contributed by atoms with Crippen LogP contribution in [-0.4, -0.2) is 28.3 Å². The molecule has 0 aliphatic heterocycles. The van der Waals surface area contributed by atoms with Gasteiger partial charge in [-0.3, -0.25) is 0 Å². The van der Waals surface area contributed by atoms with Crippen LogP contribution >= 0.6 is 0 Å². The fourth-order valence-corrected chi connectivity index (χ4v) is 1.89. The highest BCUT2D eigenvalue weighted by Gasteiger charge is 2.13. The predicted molar refractivity (Wildman–Crippen MR) is 63.5 cm³/mol. The third-order valence-electron chi connectivity index (χ3n) is 2.57. The molecule has 0 atom stereocenters. The molecule has 0 amide bonds. The van der Waals surface area contributed by atoms with Crippen molar-refractivity contribution in [1.29, 1.82) is 0 Å². The maximum absolute atomic E-state index is 5.10. The lowest BCUT2D eigenvalue weighted by molar-refractivity contribution is 0.199. The fourth-order valence-electron chi connectivity index (χ4n) is 1.89. The minimum Gasteiger partial charge on any atom is -0.384 e. The van der Waals surface area contributed by atoms with Crippen molar-refractivity contribution < 1.29 is 4.74 Å². The lowest BCUT2D eigenvalue weighted by atomic mass is 10.3. The lowest BCUT2D eigenvalue weighted by Crippen LogP contribution is -2.09. The number of imidazole rings is 1. The van der Waals surface area contributed by atoms with E-state index < -0.39 is 0 Å². The first-order chi connectivity index (χ1) is 7.74. The molecule has 0 bridgehead atoms. The van der Waals surface area contributed by atoms with Crippen molar-refractivity contribution in [2.45, 2.75) is 26.3 Å². The van der Waals surface area contributed by atoms with Crippen molar-refractivity contribution in [3.8, 4) is 0 Å². The summed E-state index contributed by atoms with van der Waals surface area (Å²) < 4.78 is 7.28. The number of aromatic nitrogens is 3. The number of ether oxygens (including phenoxy) is 1. The maximum atomic E-state index is 5.10. The van der Waals surface area contributed by atoms with Gasteiger partial charge in [0.05, 0.1) is 6.61 Å². The molecule has 0 radical (unpaired) electrons. The van der Waals surface area contributed by atoms with E-state index in [9.17, 15) is 0 Å². The molecular weight excluding hydrogens is 202 g/mol. The minimum atomic E-state index is 0.367. The van der Waals surface area contributed by atoms with Crippen molar-refractivity contribution in [2.75, 3.05) is 13.7 Å². The Kier molecular flexibility index (Phi) is 3.19. The molecule has 0 spiro atoms. The molecule has 4 nitrogen and oxygen atoms in total. The summed E-state index contributed by atoms with van der Waals surface area (Å²) in [7, 11) is 1.71. The van der Waals surface area contributed by atoms with Crippen molar-refractivity contribution >= 4 is 11.2 Å². The first-order valence-electron chi connectivity index (χ1n) is 5.54. The van der Waals surface area contributed by atoms with Crippen molar-refractivity contribution in [3.05, 3.63) is 24.2 Å². The molecule has 2 aromatic rings. The van der Waals surface area contributed by atoms with E-state index in [0.717, 1.165) is 23.4 Å². The molecule has 0 fully saturated rings. The zero-order valence-corrected chi connectivity index (χ0v) is 9.97. The molecule has 0 saturated heterocycles. The van der Waals surface area contributed by atoms with E-state index in [1.807, 2.05) is 18.3 Å². The molecule has 0 aliphatic carbocycles. The average Bonchev–Trinajstić information content (AvgIpc) is 2.64. The highest BCUT2D eigenvalue weighted by atomic mass is 16.5. The van der Waals surface area contributed by atoms with E-state index in [0.29, 0.717) is 12.6 Å². The second-order valence-corrected chi connectivity index (χ2v) is 4.08. The fraction of sp³-hybridized carbons (Fsp3) is 0.500. The number of nitrogens with zero attached hydrogens (tertiary/aromatic N) is 3. The highest BCUT2D eigenvalue weighted by Crippen LogP contribution is 2.19. The summed E-state index contributed by atoms with van der Waals surface area (Å²) in [5.74, 6) is 1.05.